The average molecular weight is 171 g/mol. The van der Waals surface area contributed by atoms with Gasteiger partial charge in [0.05, 0.1) is 6.10 Å². The zero-order chi connectivity index (χ0) is 8.81. The van der Waals surface area contributed by atoms with Gasteiger partial charge in [0.15, 0.2) is 0 Å². The molecule has 2 atom stereocenters. The van der Waals surface area contributed by atoms with Gasteiger partial charge in [0, 0.05) is 7.11 Å². The van der Waals surface area contributed by atoms with Crippen molar-refractivity contribution in [2.75, 3.05) is 20.7 Å². The van der Waals surface area contributed by atoms with E-state index in [1.165, 1.54) is 38.6 Å². The van der Waals surface area contributed by atoms with E-state index in [1.54, 1.807) is 0 Å². The molecular formula is C10H21NO. The van der Waals surface area contributed by atoms with Crippen molar-refractivity contribution in [1.82, 2.24) is 5.32 Å². The van der Waals surface area contributed by atoms with Gasteiger partial charge >= 0.3 is 0 Å². The Morgan fingerprint density at radius 1 is 1.25 bits per heavy atom. The summed E-state index contributed by atoms with van der Waals surface area (Å²) in [5.41, 5.74) is 0. The number of methoxy groups -OCH3 is 1. The van der Waals surface area contributed by atoms with Gasteiger partial charge in [-0.05, 0) is 45.2 Å². The molecule has 0 aromatic carbocycles. The molecule has 0 radical (unpaired) electrons. The van der Waals surface area contributed by atoms with Crippen LogP contribution in [0.4, 0.5) is 0 Å². The first-order chi connectivity index (χ1) is 5.86. The summed E-state index contributed by atoms with van der Waals surface area (Å²) in [6.07, 6.45) is 7.09. The molecule has 0 amide bonds. The highest BCUT2D eigenvalue weighted by Crippen LogP contribution is 2.23. The fourth-order valence-electron chi connectivity index (χ4n) is 2.07. The van der Waals surface area contributed by atoms with Crippen LogP contribution in [0, 0.1) is 5.92 Å². The Labute approximate surface area is 75.7 Å². The lowest BCUT2D eigenvalue weighted by atomic mass is 10.0. The SMILES string of the molecule is CNCC1CCCC(OC)CC1. The van der Waals surface area contributed by atoms with Gasteiger partial charge in [0.25, 0.3) is 0 Å². The van der Waals surface area contributed by atoms with Crippen molar-refractivity contribution in [2.24, 2.45) is 5.92 Å². The third-order valence-corrected chi connectivity index (χ3v) is 2.86. The Kier molecular flexibility index (Phi) is 4.62. The summed E-state index contributed by atoms with van der Waals surface area (Å²) in [6, 6.07) is 0. The first kappa shape index (κ1) is 10.0. The molecule has 0 aromatic rings. The van der Waals surface area contributed by atoms with E-state index in [1.807, 2.05) is 14.2 Å². The third kappa shape index (κ3) is 3.11. The van der Waals surface area contributed by atoms with E-state index in [4.69, 9.17) is 4.74 Å². The number of hydrogen-bond donors (Lipinski definition) is 1. The fraction of sp³-hybridized carbons (Fsp3) is 1.00. The van der Waals surface area contributed by atoms with Crippen LogP contribution in [0.1, 0.15) is 32.1 Å². The normalized spacial score (nSPS) is 31.5. The zero-order valence-corrected chi connectivity index (χ0v) is 8.31. The van der Waals surface area contributed by atoms with Crippen molar-refractivity contribution < 1.29 is 4.74 Å². The Balaban J connectivity index is 2.24. The van der Waals surface area contributed by atoms with Gasteiger partial charge in [0.2, 0.25) is 0 Å². The van der Waals surface area contributed by atoms with Gasteiger partial charge in [-0.1, -0.05) is 6.42 Å². The molecule has 2 unspecified atom stereocenters. The molecule has 1 aliphatic rings. The lowest BCUT2D eigenvalue weighted by Crippen LogP contribution is -2.18. The minimum atomic E-state index is 0.534. The lowest BCUT2D eigenvalue weighted by molar-refractivity contribution is 0.0890. The molecule has 0 aliphatic heterocycles. The molecule has 0 aromatic heterocycles. The first-order valence-electron chi connectivity index (χ1n) is 5.04. The molecular weight excluding hydrogens is 150 g/mol. The van der Waals surface area contributed by atoms with E-state index < -0.39 is 0 Å². The Morgan fingerprint density at radius 2 is 2.08 bits per heavy atom. The van der Waals surface area contributed by atoms with Crippen molar-refractivity contribution in [3.8, 4) is 0 Å². The smallest absolute Gasteiger partial charge is 0.0571 e. The molecule has 1 N–H and O–H groups in total. The molecule has 0 heterocycles. The molecule has 1 fully saturated rings. The maximum Gasteiger partial charge on any atom is 0.0571 e. The largest absolute Gasteiger partial charge is 0.381 e. The monoisotopic (exact) mass is 171 g/mol. The second-order valence-corrected chi connectivity index (χ2v) is 3.79. The van der Waals surface area contributed by atoms with Crippen LogP contribution in [0.3, 0.4) is 0 Å². The Morgan fingerprint density at radius 3 is 2.75 bits per heavy atom. The summed E-state index contributed by atoms with van der Waals surface area (Å²) >= 11 is 0. The molecule has 0 spiro atoms. The van der Waals surface area contributed by atoms with Crippen LogP contribution in [0.2, 0.25) is 0 Å². The molecule has 1 rings (SSSR count). The van der Waals surface area contributed by atoms with Crippen LogP contribution in [0.15, 0.2) is 0 Å². The van der Waals surface area contributed by atoms with E-state index in [9.17, 15) is 0 Å². The lowest BCUT2D eigenvalue weighted by Gasteiger charge is -2.13. The highest BCUT2D eigenvalue weighted by molar-refractivity contribution is 4.71. The van der Waals surface area contributed by atoms with Gasteiger partial charge in [-0.2, -0.15) is 0 Å². The molecule has 2 nitrogen and oxygen atoms in total. The number of ether oxygens (including phenoxy) is 1. The zero-order valence-electron chi connectivity index (χ0n) is 8.31. The summed E-state index contributed by atoms with van der Waals surface area (Å²) in [5, 5.41) is 3.26. The van der Waals surface area contributed by atoms with Crippen LogP contribution in [-0.4, -0.2) is 26.8 Å². The molecule has 1 aliphatic carbocycles. The highest BCUT2D eigenvalue weighted by atomic mass is 16.5. The standard InChI is InChI=1S/C10H21NO/c1-11-8-9-4-3-5-10(12-2)7-6-9/h9-11H,3-8H2,1-2H3. The van der Waals surface area contributed by atoms with Crippen LogP contribution in [-0.2, 0) is 4.74 Å². The van der Waals surface area contributed by atoms with E-state index in [0.29, 0.717) is 6.10 Å². The van der Waals surface area contributed by atoms with Gasteiger partial charge in [-0.25, -0.2) is 0 Å². The number of nitrogens with one attached hydrogen (secondary N) is 1. The predicted molar refractivity (Wildman–Crippen MR) is 51.3 cm³/mol. The van der Waals surface area contributed by atoms with Crippen LogP contribution < -0.4 is 5.32 Å². The van der Waals surface area contributed by atoms with E-state index in [2.05, 4.69) is 5.32 Å². The van der Waals surface area contributed by atoms with Crippen molar-refractivity contribution >= 4 is 0 Å². The van der Waals surface area contributed by atoms with E-state index >= 15 is 0 Å². The molecule has 0 saturated heterocycles. The van der Waals surface area contributed by atoms with Crippen LogP contribution in [0.5, 0.6) is 0 Å². The topological polar surface area (TPSA) is 21.3 Å². The van der Waals surface area contributed by atoms with E-state index in [0.717, 1.165) is 5.92 Å². The van der Waals surface area contributed by atoms with Crippen molar-refractivity contribution in [3.63, 3.8) is 0 Å². The van der Waals surface area contributed by atoms with Crippen molar-refractivity contribution in [1.29, 1.82) is 0 Å². The molecule has 1 saturated carbocycles. The minimum Gasteiger partial charge on any atom is -0.381 e. The summed E-state index contributed by atoms with van der Waals surface area (Å²) in [6.45, 7) is 1.18. The second-order valence-electron chi connectivity index (χ2n) is 3.79. The van der Waals surface area contributed by atoms with Gasteiger partial charge in [0.1, 0.15) is 0 Å². The number of hydrogen-bond acceptors (Lipinski definition) is 2. The Hall–Kier alpha value is -0.0800. The van der Waals surface area contributed by atoms with Gasteiger partial charge in [-0.15, -0.1) is 0 Å². The van der Waals surface area contributed by atoms with Crippen molar-refractivity contribution in [3.05, 3.63) is 0 Å². The Bertz CT molecular complexity index is 116. The molecule has 72 valence electrons. The van der Waals surface area contributed by atoms with Gasteiger partial charge in [-0.3, -0.25) is 0 Å². The fourth-order valence-corrected chi connectivity index (χ4v) is 2.07. The first-order valence-corrected chi connectivity index (χ1v) is 5.04. The quantitative estimate of drug-likeness (QED) is 0.654. The molecule has 0 bridgehead atoms. The summed E-state index contributed by atoms with van der Waals surface area (Å²) in [4.78, 5) is 0. The van der Waals surface area contributed by atoms with Crippen LogP contribution >= 0.6 is 0 Å². The van der Waals surface area contributed by atoms with Crippen molar-refractivity contribution in [2.45, 2.75) is 38.2 Å². The molecule has 2 heteroatoms. The minimum absolute atomic E-state index is 0.534. The maximum absolute atomic E-state index is 5.38. The van der Waals surface area contributed by atoms with E-state index in [-0.39, 0.29) is 0 Å². The molecule has 12 heavy (non-hydrogen) atoms. The summed E-state index contributed by atoms with van der Waals surface area (Å²) in [5.74, 6) is 0.884. The predicted octanol–water partition coefficient (Wildman–Crippen LogP) is 1.80. The summed E-state index contributed by atoms with van der Waals surface area (Å²) in [7, 11) is 3.88. The second kappa shape index (κ2) is 5.55. The summed E-state index contributed by atoms with van der Waals surface area (Å²) < 4.78 is 5.38. The number of rotatable bonds is 3. The highest BCUT2D eigenvalue weighted by Gasteiger charge is 2.17. The average Bonchev–Trinajstić information content (AvgIpc) is 2.31. The van der Waals surface area contributed by atoms with Crippen LogP contribution in [0.25, 0.3) is 0 Å². The maximum atomic E-state index is 5.38. The third-order valence-electron chi connectivity index (χ3n) is 2.86. The van der Waals surface area contributed by atoms with Gasteiger partial charge < -0.3 is 10.1 Å².